The van der Waals surface area contributed by atoms with Crippen molar-refractivity contribution < 1.29 is 19.1 Å². The van der Waals surface area contributed by atoms with Crippen LogP contribution in [0.4, 0.5) is 0 Å². The summed E-state index contributed by atoms with van der Waals surface area (Å²) in [6.07, 6.45) is 12.0. The Labute approximate surface area is 373 Å². The molecule has 1 atom stereocenters. The molecular weight excluding hydrogens is 812 g/mol. The topological polar surface area (TPSA) is 117 Å². The Kier molecular flexibility index (Phi) is 9.01. The average Bonchev–Trinajstić information content (AvgIpc) is 4.05. The minimum Gasteiger partial charge on any atom is -0.492 e. The molecule has 12 rings (SSSR count). The van der Waals surface area contributed by atoms with Gasteiger partial charge in [0.15, 0.2) is 0 Å². The predicted molar refractivity (Wildman–Crippen MR) is 241 cm³/mol. The highest BCUT2D eigenvalue weighted by Crippen LogP contribution is 2.62. The van der Waals surface area contributed by atoms with E-state index in [9.17, 15) is 19.2 Å². The molecule has 2 saturated carbocycles. The van der Waals surface area contributed by atoms with Crippen LogP contribution in [0.5, 0.6) is 5.75 Å². The van der Waals surface area contributed by atoms with Crippen LogP contribution in [0.15, 0.2) is 53.3 Å². The van der Waals surface area contributed by atoms with Gasteiger partial charge in [0.1, 0.15) is 11.6 Å². The van der Waals surface area contributed by atoms with Crippen molar-refractivity contribution in [2.75, 3.05) is 52.4 Å². The van der Waals surface area contributed by atoms with Crippen LogP contribution >= 0.6 is 11.6 Å². The highest BCUT2D eigenvalue weighted by molar-refractivity contribution is 6.35. The van der Waals surface area contributed by atoms with Crippen LogP contribution in [-0.2, 0) is 27.0 Å². The lowest BCUT2D eigenvalue weighted by molar-refractivity contribution is -0.136. The van der Waals surface area contributed by atoms with E-state index in [4.69, 9.17) is 16.3 Å². The molecule has 1 spiro atoms. The summed E-state index contributed by atoms with van der Waals surface area (Å²) in [5, 5.41) is 3.38. The first-order chi connectivity index (χ1) is 30.3. The van der Waals surface area contributed by atoms with Gasteiger partial charge in [0.2, 0.25) is 11.8 Å². The molecule has 12 heteroatoms. The molecule has 3 saturated heterocycles. The normalized spacial score (nSPS) is 28.4. The number of rotatable bonds is 7. The average molecular weight is 870 g/mol. The number of nitrogens with one attached hydrogen (secondary N) is 1. The van der Waals surface area contributed by atoms with E-state index in [1.165, 1.54) is 61.9 Å². The van der Waals surface area contributed by atoms with Gasteiger partial charge >= 0.3 is 0 Å². The fourth-order valence-electron chi connectivity index (χ4n) is 14.0. The van der Waals surface area contributed by atoms with Gasteiger partial charge in [0.25, 0.3) is 11.5 Å². The van der Waals surface area contributed by atoms with Crippen LogP contribution in [0, 0.1) is 16.7 Å². The van der Waals surface area contributed by atoms with E-state index in [0.29, 0.717) is 65.3 Å². The van der Waals surface area contributed by atoms with E-state index in [0.717, 1.165) is 80.2 Å². The summed E-state index contributed by atoms with van der Waals surface area (Å²) in [7, 11) is 0. The molecule has 4 aromatic rings. The number of hydrogen-bond donors (Lipinski definition) is 1. The summed E-state index contributed by atoms with van der Waals surface area (Å²) in [6.45, 7) is 12.6. The summed E-state index contributed by atoms with van der Waals surface area (Å²) in [6, 6.07) is 16.8. The van der Waals surface area contributed by atoms with Crippen molar-refractivity contribution in [2.45, 2.75) is 108 Å². The Morgan fingerprint density at radius 3 is 2.29 bits per heavy atom. The molecule has 1 N–H and O–H groups in total. The van der Waals surface area contributed by atoms with Gasteiger partial charge in [-0.25, -0.2) is 0 Å². The Balaban J connectivity index is 0.665. The number of benzene rings is 3. The van der Waals surface area contributed by atoms with Gasteiger partial charge in [-0.15, -0.1) is 0 Å². The molecular formula is C51H57ClN6O5. The molecule has 2 aliphatic carbocycles. The van der Waals surface area contributed by atoms with Crippen LogP contribution in [0.25, 0.3) is 16.6 Å². The highest BCUT2D eigenvalue weighted by Gasteiger charge is 2.56. The van der Waals surface area contributed by atoms with Gasteiger partial charge in [-0.3, -0.25) is 29.1 Å². The second-order valence-corrected chi connectivity index (χ2v) is 21.9. The van der Waals surface area contributed by atoms with E-state index < -0.39 is 0 Å². The predicted octanol–water partition coefficient (Wildman–Crippen LogP) is 7.24. The van der Waals surface area contributed by atoms with Gasteiger partial charge in [0, 0.05) is 48.2 Å². The second-order valence-electron chi connectivity index (χ2n) is 21.5. The summed E-state index contributed by atoms with van der Waals surface area (Å²) in [5.41, 5.74) is 7.70. The number of imide groups is 1. The molecule has 328 valence electrons. The van der Waals surface area contributed by atoms with Crippen LogP contribution in [-0.4, -0.2) is 94.4 Å². The minimum absolute atomic E-state index is 0.0128. The third-order valence-corrected chi connectivity index (χ3v) is 17.8. The lowest BCUT2D eigenvalue weighted by atomic mass is 9.73. The van der Waals surface area contributed by atoms with Gasteiger partial charge in [-0.05, 0) is 156 Å². The van der Waals surface area contributed by atoms with Crippen LogP contribution in [0.3, 0.4) is 0 Å². The highest BCUT2D eigenvalue weighted by atomic mass is 35.5. The third kappa shape index (κ3) is 6.22. The zero-order valence-corrected chi connectivity index (χ0v) is 37.3. The molecule has 5 fully saturated rings. The van der Waals surface area contributed by atoms with E-state index >= 15 is 0 Å². The molecule has 0 unspecified atom stereocenters. The summed E-state index contributed by atoms with van der Waals surface area (Å²) >= 11 is 6.56. The van der Waals surface area contributed by atoms with E-state index in [1.807, 2.05) is 18.2 Å². The maximum atomic E-state index is 13.5. The van der Waals surface area contributed by atoms with Crippen LogP contribution in [0.2, 0.25) is 5.02 Å². The minimum atomic E-state index is -0.380. The number of aromatic nitrogens is 2. The van der Waals surface area contributed by atoms with Crippen LogP contribution in [0.1, 0.15) is 129 Å². The fraction of sp³-hybridized carbons (Fsp3) is 0.549. The van der Waals surface area contributed by atoms with Gasteiger partial charge in [-0.2, -0.15) is 4.98 Å². The Morgan fingerprint density at radius 2 is 1.56 bits per heavy atom. The first-order valence-corrected chi connectivity index (χ1v) is 23.9. The van der Waals surface area contributed by atoms with Crippen molar-refractivity contribution in [1.29, 1.82) is 0 Å². The molecule has 3 amide bonds. The number of carbonyl (C=O) groups excluding carboxylic acids is 3. The lowest BCUT2D eigenvalue weighted by Crippen LogP contribution is -2.46. The SMILES string of the molecule is CC1(C)c2ccc(C3CCN(CC45CCC(CN6CCC7(CC6)COc6c7ccc7c6CN(C[C@H]6CCC(=O)NC6=O)C7=O)(CC4)C5)CC3)cc2-n2c1nc(=O)c1c(Cl)cccc12. The quantitative estimate of drug-likeness (QED) is 0.194. The monoisotopic (exact) mass is 868 g/mol. The van der Waals surface area contributed by atoms with E-state index in [2.05, 4.69) is 62.8 Å². The molecule has 7 heterocycles. The number of nitrogens with zero attached hydrogens (tertiary/aromatic N) is 5. The number of likely N-dealkylation sites (tertiary alicyclic amines) is 2. The van der Waals surface area contributed by atoms with Crippen molar-refractivity contribution in [3.05, 3.63) is 97.5 Å². The number of amides is 3. The Morgan fingerprint density at radius 1 is 0.841 bits per heavy atom. The summed E-state index contributed by atoms with van der Waals surface area (Å²) in [4.78, 5) is 62.7. The maximum Gasteiger partial charge on any atom is 0.282 e. The number of piperidine rings is 3. The number of hydrogen-bond acceptors (Lipinski definition) is 8. The summed E-state index contributed by atoms with van der Waals surface area (Å²) < 4.78 is 8.69. The first-order valence-electron chi connectivity index (χ1n) is 23.6. The molecule has 8 aliphatic rings. The van der Waals surface area contributed by atoms with Crippen molar-refractivity contribution in [3.8, 4) is 11.4 Å². The largest absolute Gasteiger partial charge is 0.492 e. The standard InChI is InChI=1S/C51H57ClN6O5/c1-48(2)36-9-6-32(24-40(36)58-39-5-3-4-38(52)42(39)45(61)54-47(48)58)31-12-20-55(21-13-31)28-49-14-16-50(27-49,17-15-49)29-56-22-18-51(19-23-56)30-63-43-35-26-57(46(62)34(35)8-10-37(43)51)25-33-7-11-41(59)53-44(33)60/h3-6,8-10,24,31,33H,7,11-23,25-30H2,1-2H3,(H,53,59,60)/t33-,49?,50?/m1/s1. The van der Waals surface area contributed by atoms with Crippen molar-refractivity contribution in [3.63, 3.8) is 0 Å². The maximum absolute atomic E-state index is 13.5. The van der Waals surface area contributed by atoms with Gasteiger partial charge < -0.3 is 19.4 Å². The number of fused-ring (bicyclic) bond motifs is 11. The number of carbonyl (C=O) groups is 3. The Bertz CT molecular complexity index is 2680. The van der Waals surface area contributed by atoms with Crippen molar-refractivity contribution >= 4 is 40.2 Å². The van der Waals surface area contributed by atoms with E-state index in [1.54, 1.807) is 11.0 Å². The summed E-state index contributed by atoms with van der Waals surface area (Å²) in [5.74, 6) is 1.28. The van der Waals surface area contributed by atoms with Crippen molar-refractivity contribution in [1.82, 2.24) is 29.6 Å². The molecule has 1 aromatic heterocycles. The van der Waals surface area contributed by atoms with Gasteiger partial charge in [0.05, 0.1) is 46.1 Å². The van der Waals surface area contributed by atoms with Crippen molar-refractivity contribution in [2.24, 2.45) is 16.7 Å². The molecule has 11 nitrogen and oxygen atoms in total. The second kappa shape index (κ2) is 14.2. The zero-order valence-electron chi connectivity index (χ0n) is 36.6. The molecule has 2 bridgehead atoms. The first kappa shape index (κ1) is 40.0. The lowest BCUT2D eigenvalue weighted by Gasteiger charge is -2.42. The van der Waals surface area contributed by atoms with Crippen LogP contribution < -0.4 is 15.6 Å². The third-order valence-electron chi connectivity index (χ3n) is 17.5. The molecule has 3 aromatic carbocycles. The number of ether oxygens (including phenoxy) is 1. The zero-order chi connectivity index (χ0) is 43.0. The fourth-order valence-corrected chi connectivity index (χ4v) is 14.2. The van der Waals surface area contributed by atoms with E-state index in [-0.39, 0.29) is 40.0 Å². The smallest absolute Gasteiger partial charge is 0.282 e. The van der Waals surface area contributed by atoms with Gasteiger partial charge in [-0.1, -0.05) is 35.9 Å². The molecule has 63 heavy (non-hydrogen) atoms. The number of halogens is 1. The Hall–Kier alpha value is -4.58. The molecule has 6 aliphatic heterocycles. The molecule has 0 radical (unpaired) electrons.